The third-order valence-electron chi connectivity index (χ3n) is 3.48. The fourth-order valence-corrected chi connectivity index (χ4v) is 2.55. The van der Waals surface area contributed by atoms with Crippen molar-refractivity contribution in [1.29, 1.82) is 0 Å². The molecule has 0 saturated heterocycles. The van der Waals surface area contributed by atoms with Gasteiger partial charge in [0.1, 0.15) is 17.0 Å². The number of carbonyl (C=O) groups is 1. The smallest absolute Gasteiger partial charge is 0.310 e. The molecule has 0 radical (unpaired) electrons. The summed E-state index contributed by atoms with van der Waals surface area (Å²) in [5.41, 5.74) is 0.198. The summed E-state index contributed by atoms with van der Waals surface area (Å²) in [6.45, 7) is 0. The van der Waals surface area contributed by atoms with Crippen LogP contribution in [0.25, 0.3) is 0 Å². The van der Waals surface area contributed by atoms with Gasteiger partial charge in [0.25, 0.3) is 0 Å². The lowest BCUT2D eigenvalue weighted by molar-refractivity contribution is -0.384. The van der Waals surface area contributed by atoms with Gasteiger partial charge in [-0.3, -0.25) is 14.9 Å². The highest BCUT2D eigenvalue weighted by molar-refractivity contribution is 6.29. The van der Waals surface area contributed by atoms with Gasteiger partial charge in [0.2, 0.25) is 0 Å². The molecule has 0 amide bonds. The molecule has 2 N–H and O–H groups in total. The zero-order valence-corrected chi connectivity index (χ0v) is 11.3. The van der Waals surface area contributed by atoms with Crippen molar-refractivity contribution in [2.45, 2.75) is 31.7 Å². The Morgan fingerprint density at radius 2 is 2.10 bits per heavy atom. The van der Waals surface area contributed by atoms with Gasteiger partial charge in [0.05, 0.1) is 10.8 Å². The van der Waals surface area contributed by atoms with Crippen molar-refractivity contribution in [2.24, 2.45) is 5.92 Å². The molecule has 1 aliphatic carbocycles. The molecule has 1 saturated carbocycles. The SMILES string of the molecule is O=C(O)[C@H]1CC[C@@H](Nc2cc(Cl)ncc2[N+](=O)[O-])CC1. The van der Waals surface area contributed by atoms with Gasteiger partial charge in [-0.05, 0) is 25.7 Å². The number of nitrogens with one attached hydrogen (secondary N) is 1. The molecule has 1 aromatic rings. The average molecular weight is 300 g/mol. The van der Waals surface area contributed by atoms with Crippen LogP contribution in [0.3, 0.4) is 0 Å². The van der Waals surface area contributed by atoms with E-state index in [1.807, 2.05) is 0 Å². The Balaban J connectivity index is 2.06. The van der Waals surface area contributed by atoms with E-state index in [-0.39, 0.29) is 22.8 Å². The van der Waals surface area contributed by atoms with E-state index in [0.717, 1.165) is 6.20 Å². The van der Waals surface area contributed by atoms with E-state index in [0.29, 0.717) is 31.4 Å². The number of nitro groups is 1. The third kappa shape index (κ3) is 3.36. The standard InChI is InChI=1S/C12H14ClN3O4/c13-11-5-9(10(6-14-11)16(19)20)15-8-3-1-7(2-4-8)12(17)18/h5-8H,1-4H2,(H,14,15)(H,17,18)/t7-,8+. The second kappa shape index (κ2) is 6.04. The first-order valence-electron chi connectivity index (χ1n) is 6.26. The summed E-state index contributed by atoms with van der Waals surface area (Å²) in [6.07, 6.45) is 3.58. The second-order valence-corrected chi connectivity index (χ2v) is 5.20. The number of pyridine rings is 1. The van der Waals surface area contributed by atoms with Crippen LogP contribution in [-0.4, -0.2) is 27.0 Å². The predicted molar refractivity (Wildman–Crippen MR) is 72.9 cm³/mol. The number of hydrogen-bond acceptors (Lipinski definition) is 5. The molecule has 1 heterocycles. The lowest BCUT2D eigenvalue weighted by Crippen LogP contribution is -2.29. The highest BCUT2D eigenvalue weighted by Gasteiger charge is 2.27. The molecule has 0 aromatic carbocycles. The predicted octanol–water partition coefficient (Wildman–Crippen LogP) is 2.70. The largest absolute Gasteiger partial charge is 0.481 e. The number of carboxylic acids is 1. The number of carboxylic acid groups (broad SMARTS) is 1. The van der Waals surface area contributed by atoms with Gasteiger partial charge >= 0.3 is 11.7 Å². The lowest BCUT2D eigenvalue weighted by Gasteiger charge is -2.27. The van der Waals surface area contributed by atoms with Gasteiger partial charge in [-0.15, -0.1) is 0 Å². The van der Waals surface area contributed by atoms with Gasteiger partial charge in [0.15, 0.2) is 0 Å². The summed E-state index contributed by atoms with van der Waals surface area (Å²) in [5.74, 6) is -1.09. The Morgan fingerprint density at radius 3 is 2.65 bits per heavy atom. The molecule has 2 rings (SSSR count). The van der Waals surface area contributed by atoms with Crippen LogP contribution < -0.4 is 5.32 Å². The van der Waals surface area contributed by atoms with Gasteiger partial charge in [-0.1, -0.05) is 11.6 Å². The molecule has 20 heavy (non-hydrogen) atoms. The van der Waals surface area contributed by atoms with E-state index in [1.165, 1.54) is 6.07 Å². The minimum absolute atomic E-state index is 0.0165. The molecule has 0 atom stereocenters. The molecule has 0 spiro atoms. The van der Waals surface area contributed by atoms with Gasteiger partial charge in [-0.2, -0.15) is 0 Å². The number of halogens is 1. The van der Waals surface area contributed by atoms with Crippen molar-refractivity contribution < 1.29 is 14.8 Å². The topological polar surface area (TPSA) is 105 Å². The summed E-state index contributed by atoms with van der Waals surface area (Å²) < 4.78 is 0. The molecule has 108 valence electrons. The second-order valence-electron chi connectivity index (χ2n) is 4.81. The van der Waals surface area contributed by atoms with E-state index in [2.05, 4.69) is 10.3 Å². The lowest BCUT2D eigenvalue weighted by atomic mass is 9.86. The maximum Gasteiger partial charge on any atom is 0.310 e. The molecule has 0 unspecified atom stereocenters. The maximum absolute atomic E-state index is 10.9. The molecule has 7 nitrogen and oxygen atoms in total. The van der Waals surface area contributed by atoms with Crippen LogP contribution in [0, 0.1) is 16.0 Å². The van der Waals surface area contributed by atoms with Crippen molar-refractivity contribution in [2.75, 3.05) is 5.32 Å². The van der Waals surface area contributed by atoms with Crippen molar-refractivity contribution in [3.8, 4) is 0 Å². The Kier molecular flexibility index (Phi) is 4.39. The maximum atomic E-state index is 10.9. The van der Waals surface area contributed by atoms with Crippen LogP contribution in [0.2, 0.25) is 5.15 Å². The minimum Gasteiger partial charge on any atom is -0.481 e. The first-order chi connectivity index (χ1) is 9.47. The number of rotatable bonds is 4. The molecule has 1 fully saturated rings. The van der Waals surface area contributed by atoms with Crippen LogP contribution in [0.15, 0.2) is 12.3 Å². The monoisotopic (exact) mass is 299 g/mol. The normalized spacial score (nSPS) is 22.2. The summed E-state index contributed by atoms with van der Waals surface area (Å²) >= 11 is 5.75. The Hall–Kier alpha value is -1.89. The average Bonchev–Trinajstić information content (AvgIpc) is 2.39. The first-order valence-corrected chi connectivity index (χ1v) is 6.64. The third-order valence-corrected chi connectivity index (χ3v) is 3.69. The molecule has 1 aliphatic rings. The molecule has 0 bridgehead atoms. The Labute approximate surface area is 120 Å². The van der Waals surface area contributed by atoms with Crippen molar-refractivity contribution in [3.63, 3.8) is 0 Å². The zero-order valence-electron chi connectivity index (χ0n) is 10.6. The van der Waals surface area contributed by atoms with Gasteiger partial charge in [-0.25, -0.2) is 4.98 Å². The molecule has 0 aliphatic heterocycles. The van der Waals surface area contributed by atoms with E-state index in [1.54, 1.807) is 0 Å². The number of aliphatic carboxylic acids is 1. The van der Waals surface area contributed by atoms with E-state index >= 15 is 0 Å². The van der Waals surface area contributed by atoms with E-state index in [4.69, 9.17) is 16.7 Å². The quantitative estimate of drug-likeness (QED) is 0.503. The van der Waals surface area contributed by atoms with E-state index < -0.39 is 10.9 Å². The van der Waals surface area contributed by atoms with Crippen LogP contribution in [0.1, 0.15) is 25.7 Å². The van der Waals surface area contributed by atoms with Crippen LogP contribution in [0.4, 0.5) is 11.4 Å². The fourth-order valence-electron chi connectivity index (χ4n) is 2.39. The van der Waals surface area contributed by atoms with Gasteiger partial charge in [0, 0.05) is 12.1 Å². The fraction of sp³-hybridized carbons (Fsp3) is 0.500. The van der Waals surface area contributed by atoms with Crippen molar-refractivity contribution in [3.05, 3.63) is 27.5 Å². The minimum atomic E-state index is -0.776. The summed E-state index contributed by atoms with van der Waals surface area (Å²) in [5, 5.41) is 23.1. The molecular weight excluding hydrogens is 286 g/mol. The molecule has 8 heteroatoms. The number of nitrogens with zero attached hydrogens (tertiary/aromatic N) is 2. The first kappa shape index (κ1) is 14.5. The molecular formula is C12H14ClN3O4. The highest BCUT2D eigenvalue weighted by Crippen LogP contribution is 2.31. The number of hydrogen-bond donors (Lipinski definition) is 2. The summed E-state index contributed by atoms with van der Waals surface area (Å²) in [7, 11) is 0. The van der Waals surface area contributed by atoms with Crippen LogP contribution in [-0.2, 0) is 4.79 Å². The Bertz CT molecular complexity index is 529. The number of aromatic nitrogens is 1. The van der Waals surface area contributed by atoms with Gasteiger partial charge < -0.3 is 10.4 Å². The van der Waals surface area contributed by atoms with Crippen LogP contribution >= 0.6 is 11.6 Å². The van der Waals surface area contributed by atoms with Crippen LogP contribution in [0.5, 0.6) is 0 Å². The Morgan fingerprint density at radius 1 is 1.45 bits per heavy atom. The number of anilines is 1. The summed E-state index contributed by atoms with van der Waals surface area (Å²) in [6, 6.07) is 1.44. The van der Waals surface area contributed by atoms with Crippen molar-refractivity contribution in [1.82, 2.24) is 4.98 Å². The zero-order chi connectivity index (χ0) is 14.7. The highest BCUT2D eigenvalue weighted by atomic mass is 35.5. The molecule has 1 aromatic heterocycles. The van der Waals surface area contributed by atoms with Crippen molar-refractivity contribution >= 4 is 28.9 Å². The summed E-state index contributed by atoms with van der Waals surface area (Å²) in [4.78, 5) is 25.0. The van der Waals surface area contributed by atoms with E-state index in [9.17, 15) is 14.9 Å².